The molecule has 0 bridgehead atoms. The normalized spacial score (nSPS) is 10.8. The van der Waals surface area contributed by atoms with Gasteiger partial charge >= 0.3 is 6.16 Å². The molecule has 0 aliphatic carbocycles. The third-order valence-electron chi connectivity index (χ3n) is 4.92. The van der Waals surface area contributed by atoms with E-state index in [9.17, 15) is 22.8 Å². The Labute approximate surface area is 213 Å². The van der Waals surface area contributed by atoms with Gasteiger partial charge in [-0.15, -0.1) is 0 Å². The SMILES string of the molecule is CCOc1ccc(C(=O)NCCc2cccc(S(=O)(=O)NC(=O)c3ccc(OC(=O)OC)nc3)c2)cc1. The second kappa shape index (κ2) is 12.5. The van der Waals surface area contributed by atoms with Crippen molar-refractivity contribution in [3.8, 4) is 11.6 Å². The van der Waals surface area contributed by atoms with Gasteiger partial charge < -0.3 is 19.5 Å². The van der Waals surface area contributed by atoms with Crippen molar-refractivity contribution >= 4 is 28.0 Å². The molecular formula is C25H25N3O8S. The van der Waals surface area contributed by atoms with Crippen LogP contribution in [-0.2, 0) is 21.2 Å². The number of hydrogen-bond donors (Lipinski definition) is 2. The van der Waals surface area contributed by atoms with Gasteiger partial charge in [-0.05, 0) is 61.4 Å². The summed E-state index contributed by atoms with van der Waals surface area (Å²) < 4.78 is 41.9. The van der Waals surface area contributed by atoms with Crippen molar-refractivity contribution < 1.29 is 37.0 Å². The van der Waals surface area contributed by atoms with Gasteiger partial charge in [-0.1, -0.05) is 12.1 Å². The average Bonchev–Trinajstić information content (AvgIpc) is 2.89. The van der Waals surface area contributed by atoms with E-state index in [-0.39, 0.29) is 28.8 Å². The van der Waals surface area contributed by atoms with E-state index in [1.54, 1.807) is 36.4 Å². The molecule has 37 heavy (non-hydrogen) atoms. The highest BCUT2D eigenvalue weighted by Crippen LogP contribution is 2.15. The first kappa shape index (κ1) is 27.1. The number of carbonyl (C=O) groups excluding carboxylic acids is 3. The predicted octanol–water partition coefficient (Wildman–Crippen LogP) is 2.72. The fraction of sp³-hybridized carbons (Fsp3) is 0.200. The number of ether oxygens (including phenoxy) is 3. The monoisotopic (exact) mass is 527 g/mol. The van der Waals surface area contributed by atoms with Gasteiger partial charge in [0.05, 0.1) is 24.2 Å². The van der Waals surface area contributed by atoms with Crippen LogP contribution in [0.5, 0.6) is 11.6 Å². The van der Waals surface area contributed by atoms with Crippen molar-refractivity contribution in [3.63, 3.8) is 0 Å². The second-order valence-electron chi connectivity index (χ2n) is 7.49. The molecule has 0 aliphatic heterocycles. The van der Waals surface area contributed by atoms with Gasteiger partial charge in [0.25, 0.3) is 21.8 Å². The van der Waals surface area contributed by atoms with E-state index in [1.165, 1.54) is 24.3 Å². The maximum atomic E-state index is 12.7. The number of nitrogens with zero attached hydrogens (tertiary/aromatic N) is 1. The van der Waals surface area contributed by atoms with Crippen LogP contribution < -0.4 is 19.5 Å². The molecule has 1 aromatic heterocycles. The molecule has 0 unspecified atom stereocenters. The van der Waals surface area contributed by atoms with E-state index >= 15 is 0 Å². The first-order valence-electron chi connectivity index (χ1n) is 11.1. The Morgan fingerprint density at radius 1 is 0.946 bits per heavy atom. The molecule has 0 aliphatic rings. The van der Waals surface area contributed by atoms with Gasteiger partial charge in [0.15, 0.2) is 0 Å². The molecule has 2 amide bonds. The van der Waals surface area contributed by atoms with Crippen LogP contribution in [0.4, 0.5) is 4.79 Å². The zero-order chi connectivity index (χ0) is 26.8. The van der Waals surface area contributed by atoms with Crippen molar-refractivity contribution in [1.82, 2.24) is 15.0 Å². The van der Waals surface area contributed by atoms with Gasteiger partial charge in [0.2, 0.25) is 5.88 Å². The number of carbonyl (C=O) groups is 3. The largest absolute Gasteiger partial charge is 0.514 e. The minimum Gasteiger partial charge on any atom is -0.494 e. The quantitative estimate of drug-likeness (QED) is 0.379. The fourth-order valence-electron chi connectivity index (χ4n) is 3.10. The molecular weight excluding hydrogens is 502 g/mol. The third-order valence-corrected chi connectivity index (χ3v) is 6.24. The molecule has 0 saturated heterocycles. The Morgan fingerprint density at radius 2 is 1.68 bits per heavy atom. The maximum absolute atomic E-state index is 12.7. The van der Waals surface area contributed by atoms with Gasteiger partial charge in [0, 0.05) is 24.4 Å². The van der Waals surface area contributed by atoms with Crippen molar-refractivity contribution in [2.45, 2.75) is 18.2 Å². The number of nitrogens with one attached hydrogen (secondary N) is 2. The molecule has 0 radical (unpaired) electrons. The number of sulfonamides is 1. The predicted molar refractivity (Wildman–Crippen MR) is 132 cm³/mol. The molecule has 2 aromatic carbocycles. The number of pyridine rings is 1. The van der Waals surface area contributed by atoms with E-state index in [0.717, 1.165) is 13.3 Å². The van der Waals surface area contributed by atoms with Crippen LogP contribution in [0.15, 0.2) is 71.8 Å². The van der Waals surface area contributed by atoms with Crippen LogP contribution in [-0.4, -0.2) is 51.6 Å². The maximum Gasteiger partial charge on any atom is 0.514 e. The Kier molecular flexibility index (Phi) is 9.16. The summed E-state index contributed by atoms with van der Waals surface area (Å²) in [5, 5.41) is 2.79. The molecule has 0 spiro atoms. The van der Waals surface area contributed by atoms with Crippen LogP contribution in [0.1, 0.15) is 33.2 Å². The minimum atomic E-state index is -4.19. The molecule has 0 saturated carbocycles. The van der Waals surface area contributed by atoms with E-state index in [2.05, 4.69) is 15.0 Å². The molecule has 0 atom stereocenters. The summed E-state index contributed by atoms with van der Waals surface area (Å²) in [7, 11) is -3.06. The number of methoxy groups -OCH3 is 1. The van der Waals surface area contributed by atoms with E-state index < -0.39 is 22.1 Å². The lowest BCUT2D eigenvalue weighted by molar-refractivity contribution is 0.0951. The highest BCUT2D eigenvalue weighted by atomic mass is 32.2. The number of amides is 2. The van der Waals surface area contributed by atoms with Crippen LogP contribution in [0, 0.1) is 0 Å². The molecule has 3 aromatic rings. The molecule has 3 rings (SSSR count). The van der Waals surface area contributed by atoms with Gasteiger partial charge in [-0.25, -0.2) is 22.9 Å². The highest BCUT2D eigenvalue weighted by molar-refractivity contribution is 7.90. The summed E-state index contributed by atoms with van der Waals surface area (Å²) in [5.74, 6) is -0.626. The Morgan fingerprint density at radius 3 is 2.32 bits per heavy atom. The second-order valence-corrected chi connectivity index (χ2v) is 9.17. The lowest BCUT2D eigenvalue weighted by Crippen LogP contribution is -2.30. The van der Waals surface area contributed by atoms with Crippen LogP contribution in [0.2, 0.25) is 0 Å². The average molecular weight is 528 g/mol. The molecule has 11 nitrogen and oxygen atoms in total. The third kappa shape index (κ3) is 7.77. The summed E-state index contributed by atoms with van der Waals surface area (Å²) in [6.45, 7) is 2.67. The van der Waals surface area contributed by atoms with Gasteiger partial charge in [-0.3, -0.25) is 9.59 Å². The lowest BCUT2D eigenvalue weighted by Gasteiger charge is -2.10. The zero-order valence-corrected chi connectivity index (χ0v) is 20.9. The number of rotatable bonds is 10. The van der Waals surface area contributed by atoms with E-state index in [0.29, 0.717) is 29.9 Å². The van der Waals surface area contributed by atoms with Gasteiger partial charge in [-0.2, -0.15) is 0 Å². The van der Waals surface area contributed by atoms with Crippen molar-refractivity contribution in [2.75, 3.05) is 20.3 Å². The molecule has 2 N–H and O–H groups in total. The number of aromatic nitrogens is 1. The van der Waals surface area contributed by atoms with Crippen LogP contribution in [0.25, 0.3) is 0 Å². The Balaban J connectivity index is 1.57. The van der Waals surface area contributed by atoms with Crippen molar-refractivity contribution in [1.29, 1.82) is 0 Å². The van der Waals surface area contributed by atoms with E-state index in [1.807, 2.05) is 11.6 Å². The van der Waals surface area contributed by atoms with Crippen LogP contribution in [0.3, 0.4) is 0 Å². The van der Waals surface area contributed by atoms with Crippen LogP contribution >= 0.6 is 0 Å². The summed E-state index contributed by atoms with van der Waals surface area (Å²) in [4.78, 5) is 39.5. The molecule has 194 valence electrons. The van der Waals surface area contributed by atoms with Crippen molar-refractivity contribution in [3.05, 3.63) is 83.6 Å². The Bertz CT molecular complexity index is 1360. The highest BCUT2D eigenvalue weighted by Gasteiger charge is 2.20. The van der Waals surface area contributed by atoms with Gasteiger partial charge in [0.1, 0.15) is 5.75 Å². The molecule has 1 heterocycles. The number of benzene rings is 2. The minimum absolute atomic E-state index is 0.0612. The topological polar surface area (TPSA) is 150 Å². The number of hydrogen-bond acceptors (Lipinski definition) is 9. The fourth-order valence-corrected chi connectivity index (χ4v) is 4.15. The summed E-state index contributed by atoms with van der Waals surface area (Å²) >= 11 is 0. The summed E-state index contributed by atoms with van der Waals surface area (Å²) in [6, 6.07) is 15.2. The standard InChI is InChI=1S/C25H25N3O8S/c1-3-35-20-10-7-18(8-11-20)23(29)26-14-13-17-5-4-6-21(15-17)37(32,33)28-24(30)19-9-12-22(27-16-19)36-25(31)34-2/h4-12,15-16H,3,13-14H2,1-2H3,(H,26,29)(H,28,30). The Hall–Kier alpha value is -4.45. The summed E-state index contributed by atoms with van der Waals surface area (Å²) in [5.41, 5.74) is 1.06. The molecule has 12 heteroatoms. The van der Waals surface area contributed by atoms with Crippen molar-refractivity contribution in [2.24, 2.45) is 0 Å². The first-order valence-corrected chi connectivity index (χ1v) is 12.6. The smallest absolute Gasteiger partial charge is 0.494 e. The lowest BCUT2D eigenvalue weighted by atomic mass is 10.1. The first-order chi connectivity index (χ1) is 17.7. The molecule has 0 fully saturated rings. The zero-order valence-electron chi connectivity index (χ0n) is 20.1. The van der Waals surface area contributed by atoms with E-state index in [4.69, 9.17) is 9.47 Å². The summed E-state index contributed by atoms with van der Waals surface area (Å²) in [6.07, 6.45) is 0.445.